The first-order chi connectivity index (χ1) is 64.8. The van der Waals surface area contributed by atoms with Gasteiger partial charge in [-0.3, -0.25) is 38.1 Å². The van der Waals surface area contributed by atoms with Gasteiger partial charge in [-0.25, -0.2) is 0 Å². The molecule has 0 radical (unpaired) electrons. The normalized spacial score (nSPS) is 12.3. The summed E-state index contributed by atoms with van der Waals surface area (Å²) in [6, 6.07) is 100. The lowest BCUT2D eigenvalue weighted by Gasteiger charge is -2.30. The van der Waals surface area contributed by atoms with Crippen molar-refractivity contribution >= 4 is 99.8 Å². The number of carbonyl (C=O) groups is 7. The number of ketones is 2. The molecule has 14 aromatic rings. The van der Waals surface area contributed by atoms with E-state index in [0.717, 1.165) is 103 Å². The second-order valence-electron chi connectivity index (χ2n) is 34.6. The Labute approximate surface area is 831 Å². The molecular formula is C121H138O15P4. The van der Waals surface area contributed by atoms with E-state index >= 15 is 0 Å². The van der Waals surface area contributed by atoms with E-state index in [4.69, 9.17) is 14.0 Å². The largest absolute Gasteiger partial charge is 0.382 e. The molecule has 1 aliphatic rings. The Morgan fingerprint density at radius 3 is 0.771 bits per heavy atom. The lowest BCUT2D eigenvalue weighted by molar-refractivity contribution is -0.176. The number of benzene rings is 14. The molecule has 0 aliphatic heterocycles. The topological polar surface area (TPSA) is 236 Å². The van der Waals surface area contributed by atoms with Crippen LogP contribution in [0.25, 0.3) is 0 Å². The average Bonchev–Trinajstić information content (AvgIpc) is 0.729. The summed E-state index contributed by atoms with van der Waals surface area (Å²) >= 11 is 0. The second-order valence-corrected chi connectivity index (χ2v) is 44.7. The van der Waals surface area contributed by atoms with Crippen molar-refractivity contribution in [1.29, 1.82) is 0 Å². The SMILES string of the molecule is C.C.C.C.CCOP(=O)(C(=O)c1c(C)cc(C)cc1C)c1ccccc1.COC(OC)(C(=O)c1ccccc1)c1ccccc1.Cc1cc(C)c(C(=O)P(=O)(C(=O)c2c(C)cc(C)cc2C)c2ccccc2)c(C)c1.Cc1cc(C)c(C(=O)P(=O)(c2ccccc2)c2ccccc2)c(C)c1.Cc1cc(C)c(C(=O)P(=O)(c2ccccc2)c2ccccc2)c(C)c1.O=C(c1ccccc1)C1(O)CCCCC1. The molecular weight excluding hydrogens is 1820 g/mol. The third-order valence-electron chi connectivity index (χ3n) is 24.1. The molecule has 0 amide bonds. The van der Waals surface area contributed by atoms with Gasteiger partial charge in [0, 0.05) is 90.6 Å². The van der Waals surface area contributed by atoms with Crippen LogP contribution in [0.1, 0.15) is 230 Å². The maximum atomic E-state index is 14.5. The molecule has 0 heterocycles. The smallest absolute Gasteiger partial charge is 0.300 e. The highest BCUT2D eigenvalue weighted by atomic mass is 31.2. The highest BCUT2D eigenvalue weighted by Gasteiger charge is 2.47. The number of Topliss-reactive ketones (excluding diaryl/α,β-unsaturated/α-hetero) is 2. The molecule has 14 aromatic carbocycles. The second kappa shape index (κ2) is 52.2. The summed E-state index contributed by atoms with van der Waals surface area (Å²) in [4.78, 5) is 92.6. The minimum absolute atomic E-state index is 0. The van der Waals surface area contributed by atoms with E-state index in [9.17, 15) is 56.9 Å². The Kier molecular flexibility index (Phi) is 43.3. The van der Waals surface area contributed by atoms with Crippen molar-refractivity contribution in [2.75, 3.05) is 20.8 Å². The molecule has 0 bridgehead atoms. The average molecular weight is 1960 g/mol. The fourth-order valence-electron chi connectivity index (χ4n) is 18.0. The monoisotopic (exact) mass is 1950 g/mol. The highest BCUT2D eigenvalue weighted by molar-refractivity contribution is 8.01. The van der Waals surface area contributed by atoms with Crippen LogP contribution < -0.4 is 31.8 Å². The van der Waals surface area contributed by atoms with Gasteiger partial charge in [0.1, 0.15) is 5.60 Å². The summed E-state index contributed by atoms with van der Waals surface area (Å²) in [7, 11) is -11.7. The standard InChI is InChI=1S/C26H27O3P.2C22H21O2P.C18H21O3P.C16H16O3.C13H16O2.4CH4/c1-16-12-18(3)23(19(4)13-16)25(27)30(29,22-10-8-7-9-11-22)26(28)24-20(5)14-17(2)15-21(24)6;2*1-16-14-17(2)21(18(3)15-16)22(23)25(24,19-10-6-4-7-11-19)20-12-8-5-9-13-20;1-5-21-22(20,16-9-7-6-8-10-16)18(19)17-14(3)11-13(2)12-15(17)4;1-18-16(19-2,14-11-7-4-8-12-14)15(17)13-9-5-3-6-10-13;14-12(11-7-3-1-4-8-11)13(15)9-5-2-6-10-13;;;;/h7-15H,1-6H3;2*4-15H,1-3H3;6-12H,5H2,1-4H3;3-12H,1-2H3;1,3-4,7-8,15H,2,5-6,9-10H2;4*1H4. The van der Waals surface area contributed by atoms with E-state index in [2.05, 4.69) is 0 Å². The minimum Gasteiger partial charge on any atom is -0.382 e. The Hall–Kier alpha value is -12.5. The van der Waals surface area contributed by atoms with Crippen LogP contribution in [0.15, 0.2) is 334 Å². The van der Waals surface area contributed by atoms with Gasteiger partial charge in [0.15, 0.2) is 5.78 Å². The Bertz CT molecular complexity index is 6360. The molecule has 0 spiro atoms. The number of hydrogen-bond acceptors (Lipinski definition) is 15. The predicted molar refractivity (Wildman–Crippen MR) is 582 cm³/mol. The van der Waals surface area contributed by atoms with Crippen LogP contribution in [0.3, 0.4) is 0 Å². The molecule has 15 nitrogen and oxygen atoms in total. The molecule has 1 aliphatic carbocycles. The molecule has 1 fully saturated rings. The molecule has 1 saturated carbocycles. The molecule has 732 valence electrons. The number of aliphatic hydroxyl groups is 1. The van der Waals surface area contributed by atoms with Crippen molar-refractivity contribution in [2.45, 2.75) is 184 Å². The van der Waals surface area contributed by atoms with Gasteiger partial charge in [-0.15, -0.1) is 0 Å². The van der Waals surface area contributed by atoms with E-state index in [-0.39, 0.29) is 64.2 Å². The number of ether oxygens (including phenoxy) is 2. The van der Waals surface area contributed by atoms with E-state index in [1.54, 1.807) is 134 Å². The maximum Gasteiger partial charge on any atom is 0.300 e. The van der Waals surface area contributed by atoms with Crippen LogP contribution in [0.5, 0.6) is 0 Å². The van der Waals surface area contributed by atoms with Crippen molar-refractivity contribution in [3.8, 4) is 0 Å². The molecule has 0 saturated heterocycles. The number of carbonyl (C=O) groups excluding carboxylic acids is 7. The number of rotatable bonds is 25. The van der Waals surface area contributed by atoms with Crippen molar-refractivity contribution in [2.24, 2.45) is 0 Å². The van der Waals surface area contributed by atoms with Crippen molar-refractivity contribution in [3.05, 3.63) is 462 Å². The Balaban J connectivity index is 0.000000259. The summed E-state index contributed by atoms with van der Waals surface area (Å²) in [5.74, 6) is -1.73. The summed E-state index contributed by atoms with van der Waals surface area (Å²) < 4.78 is 72.5. The quantitative estimate of drug-likeness (QED) is 0.0318. The first-order valence-corrected chi connectivity index (χ1v) is 52.2. The van der Waals surface area contributed by atoms with Crippen LogP contribution in [-0.4, -0.2) is 70.7 Å². The molecule has 0 aromatic heterocycles. The molecule has 1 unspecified atom stereocenters. The molecule has 19 heteroatoms. The Morgan fingerprint density at radius 2 is 0.514 bits per heavy atom. The van der Waals surface area contributed by atoms with Crippen molar-refractivity contribution < 1.29 is 70.9 Å². The van der Waals surface area contributed by atoms with E-state index in [1.807, 2.05) is 310 Å². The predicted octanol–water partition coefficient (Wildman–Crippen LogP) is 28.3. The summed E-state index contributed by atoms with van der Waals surface area (Å²) in [6.45, 7) is 30.6. The van der Waals surface area contributed by atoms with Crippen LogP contribution >= 0.6 is 28.8 Å². The van der Waals surface area contributed by atoms with Crippen LogP contribution in [0.4, 0.5) is 0 Å². The molecule has 1 N–H and O–H groups in total. The summed E-state index contributed by atoms with van der Waals surface area (Å²) in [5, 5.41) is 13.3. The number of methoxy groups -OCH3 is 2. The van der Waals surface area contributed by atoms with Gasteiger partial charge in [-0.2, -0.15) is 0 Å². The zero-order valence-corrected chi connectivity index (χ0v) is 84.5. The van der Waals surface area contributed by atoms with Gasteiger partial charge in [0.2, 0.25) is 49.3 Å². The zero-order valence-electron chi connectivity index (χ0n) is 80.9. The van der Waals surface area contributed by atoms with Gasteiger partial charge in [0.25, 0.3) is 11.3 Å². The van der Waals surface area contributed by atoms with Crippen LogP contribution in [-0.2, 0) is 38.0 Å². The van der Waals surface area contributed by atoms with Gasteiger partial charge in [0.05, 0.1) is 6.61 Å². The van der Waals surface area contributed by atoms with Gasteiger partial charge >= 0.3 is 7.37 Å². The summed E-state index contributed by atoms with van der Waals surface area (Å²) in [6.07, 6.45) is 4.26. The third kappa shape index (κ3) is 26.4. The molecule has 140 heavy (non-hydrogen) atoms. The maximum absolute atomic E-state index is 14.5. The first kappa shape index (κ1) is 116. The number of aryl methyl sites for hydroxylation is 15. The van der Waals surface area contributed by atoms with E-state index in [1.165, 1.54) is 14.2 Å². The lowest BCUT2D eigenvalue weighted by atomic mass is 9.79. The number of hydrogen-bond donors (Lipinski definition) is 1. The zero-order chi connectivity index (χ0) is 99.0. The van der Waals surface area contributed by atoms with Crippen molar-refractivity contribution in [3.63, 3.8) is 0 Å². The highest BCUT2D eigenvalue weighted by Crippen LogP contribution is 2.55. The fraction of sp³-hybridized carbons (Fsp3) is 0.248. The van der Waals surface area contributed by atoms with Crippen LogP contribution in [0.2, 0.25) is 0 Å². The summed E-state index contributed by atoms with van der Waals surface area (Å²) in [5.41, 5.74) is 14.4. The first-order valence-electron chi connectivity index (χ1n) is 45.4. The lowest BCUT2D eigenvalue weighted by Crippen LogP contribution is -2.40. The minimum atomic E-state index is -4.11. The van der Waals surface area contributed by atoms with Crippen molar-refractivity contribution in [1.82, 2.24) is 0 Å². The van der Waals surface area contributed by atoms with Gasteiger partial charge in [-0.05, 0) is 191 Å². The fourth-order valence-corrected chi connectivity index (χ4v) is 27.9. The van der Waals surface area contributed by atoms with Gasteiger partial charge in [-0.1, -0.05) is 398 Å². The Morgan fingerprint density at radius 1 is 0.293 bits per heavy atom. The van der Waals surface area contributed by atoms with Gasteiger partial charge < -0.3 is 32.8 Å². The molecule has 15 rings (SSSR count). The molecule has 1 atom stereocenters. The van der Waals surface area contributed by atoms with E-state index < -0.39 is 56.8 Å². The van der Waals surface area contributed by atoms with E-state index in [0.29, 0.717) is 83.9 Å². The third-order valence-corrected chi connectivity index (χ3v) is 34.7. The van der Waals surface area contributed by atoms with Crippen LogP contribution in [0, 0.1) is 104 Å².